The van der Waals surface area contributed by atoms with Crippen LogP contribution < -0.4 is 5.32 Å². The number of nitrogens with one attached hydrogen (secondary N) is 1. The van der Waals surface area contributed by atoms with Crippen LogP contribution in [0.5, 0.6) is 5.75 Å². The molecule has 0 unspecified atom stereocenters. The summed E-state index contributed by atoms with van der Waals surface area (Å²) in [4.78, 5) is 25.2. The van der Waals surface area contributed by atoms with Crippen LogP contribution in [0.1, 0.15) is 22.3 Å². The maximum Gasteiger partial charge on any atom is 0.254 e. The monoisotopic (exact) mass is 248 g/mol. The summed E-state index contributed by atoms with van der Waals surface area (Å²) in [6.07, 6.45) is 0.336. The number of rotatable bonds is 1. The second kappa shape index (κ2) is 5.08. The molecule has 96 valence electrons. The largest absolute Gasteiger partial charge is 0.508 e. The summed E-state index contributed by atoms with van der Waals surface area (Å²) in [5.74, 6) is 0.0356. The van der Waals surface area contributed by atoms with Crippen molar-refractivity contribution in [3.05, 3.63) is 29.3 Å². The van der Waals surface area contributed by atoms with Gasteiger partial charge in [-0.3, -0.25) is 9.59 Å². The molecule has 0 spiro atoms. The van der Waals surface area contributed by atoms with E-state index in [9.17, 15) is 14.7 Å². The van der Waals surface area contributed by atoms with Crippen LogP contribution in [0.3, 0.4) is 0 Å². The van der Waals surface area contributed by atoms with Gasteiger partial charge in [0.25, 0.3) is 5.91 Å². The van der Waals surface area contributed by atoms with Gasteiger partial charge in [-0.1, -0.05) is 0 Å². The average molecular weight is 248 g/mol. The number of carbonyl (C=O) groups excluding carboxylic acids is 2. The smallest absolute Gasteiger partial charge is 0.254 e. The molecule has 5 nitrogen and oxygen atoms in total. The maximum absolute atomic E-state index is 12.3. The van der Waals surface area contributed by atoms with Gasteiger partial charge < -0.3 is 15.3 Å². The zero-order valence-corrected chi connectivity index (χ0v) is 10.3. The first kappa shape index (κ1) is 12.4. The summed E-state index contributed by atoms with van der Waals surface area (Å²) >= 11 is 0. The average Bonchev–Trinajstić information content (AvgIpc) is 2.53. The van der Waals surface area contributed by atoms with E-state index in [4.69, 9.17) is 0 Å². The second-order valence-corrected chi connectivity index (χ2v) is 4.39. The number of phenols is 1. The second-order valence-electron chi connectivity index (χ2n) is 4.39. The number of hydrogen-bond donors (Lipinski definition) is 2. The standard InChI is InChI=1S/C13H16N2O3/c1-9-8-10(16)2-3-11(9)13(18)15-6-4-12(17)14-5-7-15/h2-3,8,16H,4-7H2,1H3,(H,14,17). The minimum absolute atomic E-state index is 0.0206. The Kier molecular flexibility index (Phi) is 3.50. The van der Waals surface area contributed by atoms with Crippen molar-refractivity contribution in [3.63, 3.8) is 0 Å². The predicted octanol–water partition coefficient (Wildman–Crippen LogP) is 0.663. The molecule has 0 aromatic heterocycles. The first-order valence-corrected chi connectivity index (χ1v) is 5.93. The van der Waals surface area contributed by atoms with E-state index in [2.05, 4.69) is 5.32 Å². The quantitative estimate of drug-likeness (QED) is 0.767. The maximum atomic E-state index is 12.3. The van der Waals surface area contributed by atoms with Crippen molar-refractivity contribution in [3.8, 4) is 5.75 Å². The van der Waals surface area contributed by atoms with Gasteiger partial charge in [-0.2, -0.15) is 0 Å². The predicted molar refractivity (Wildman–Crippen MR) is 66.4 cm³/mol. The van der Waals surface area contributed by atoms with Gasteiger partial charge in [-0.15, -0.1) is 0 Å². The number of phenolic OH excluding ortho intramolecular Hbond substituents is 1. The Bertz CT molecular complexity index is 485. The van der Waals surface area contributed by atoms with Crippen LogP contribution in [-0.2, 0) is 4.79 Å². The van der Waals surface area contributed by atoms with Gasteiger partial charge in [-0.05, 0) is 30.7 Å². The Labute approximate surface area is 105 Å². The van der Waals surface area contributed by atoms with Crippen molar-refractivity contribution < 1.29 is 14.7 Å². The molecule has 1 aliphatic heterocycles. The number of carbonyl (C=O) groups is 2. The normalized spacial score (nSPS) is 16.1. The van der Waals surface area contributed by atoms with Crippen LogP contribution in [0.25, 0.3) is 0 Å². The van der Waals surface area contributed by atoms with Gasteiger partial charge in [-0.25, -0.2) is 0 Å². The van der Waals surface area contributed by atoms with E-state index >= 15 is 0 Å². The molecule has 1 aliphatic rings. The fraction of sp³-hybridized carbons (Fsp3) is 0.385. The third-order valence-corrected chi connectivity index (χ3v) is 3.04. The molecular weight excluding hydrogens is 232 g/mol. The first-order chi connectivity index (χ1) is 8.58. The zero-order valence-electron chi connectivity index (χ0n) is 10.3. The SMILES string of the molecule is Cc1cc(O)ccc1C(=O)N1CCNC(=O)CC1. The lowest BCUT2D eigenvalue weighted by Crippen LogP contribution is -2.34. The van der Waals surface area contributed by atoms with E-state index in [0.29, 0.717) is 31.6 Å². The molecule has 1 saturated heterocycles. The molecule has 0 atom stereocenters. The van der Waals surface area contributed by atoms with E-state index in [1.807, 2.05) is 0 Å². The van der Waals surface area contributed by atoms with Crippen molar-refractivity contribution >= 4 is 11.8 Å². The van der Waals surface area contributed by atoms with Crippen LogP contribution in [0, 0.1) is 6.92 Å². The zero-order chi connectivity index (χ0) is 13.1. The van der Waals surface area contributed by atoms with E-state index in [0.717, 1.165) is 5.56 Å². The fourth-order valence-corrected chi connectivity index (χ4v) is 2.03. The molecule has 2 N–H and O–H groups in total. The van der Waals surface area contributed by atoms with Gasteiger partial charge >= 0.3 is 0 Å². The highest BCUT2D eigenvalue weighted by atomic mass is 16.3. The number of amides is 2. The van der Waals surface area contributed by atoms with Gasteiger partial charge in [0.05, 0.1) is 0 Å². The number of benzene rings is 1. The topological polar surface area (TPSA) is 69.6 Å². The van der Waals surface area contributed by atoms with Crippen molar-refractivity contribution in [2.45, 2.75) is 13.3 Å². The summed E-state index contributed by atoms with van der Waals surface area (Å²) in [5, 5.41) is 12.1. The van der Waals surface area contributed by atoms with Crippen LogP contribution >= 0.6 is 0 Å². The van der Waals surface area contributed by atoms with E-state index < -0.39 is 0 Å². The van der Waals surface area contributed by atoms with Gasteiger partial charge in [0, 0.05) is 31.6 Å². The molecule has 2 amide bonds. The van der Waals surface area contributed by atoms with Crippen LogP contribution in [0.2, 0.25) is 0 Å². The highest BCUT2D eigenvalue weighted by Gasteiger charge is 2.20. The lowest BCUT2D eigenvalue weighted by molar-refractivity contribution is -0.120. The van der Waals surface area contributed by atoms with Crippen LogP contribution in [-0.4, -0.2) is 41.5 Å². The summed E-state index contributed by atoms with van der Waals surface area (Å²) in [6.45, 7) is 3.23. The Morgan fingerprint density at radius 1 is 1.39 bits per heavy atom. The highest BCUT2D eigenvalue weighted by molar-refractivity contribution is 5.96. The van der Waals surface area contributed by atoms with Crippen LogP contribution in [0.15, 0.2) is 18.2 Å². The van der Waals surface area contributed by atoms with Crippen LogP contribution in [0.4, 0.5) is 0 Å². The summed E-state index contributed by atoms with van der Waals surface area (Å²) in [7, 11) is 0. The van der Waals surface area contributed by atoms with Crippen molar-refractivity contribution in [2.24, 2.45) is 0 Å². The molecule has 0 radical (unpaired) electrons. The number of aromatic hydroxyl groups is 1. The molecule has 0 aliphatic carbocycles. The minimum atomic E-state index is -0.0935. The number of aryl methyl sites for hydroxylation is 1. The molecule has 1 aromatic rings. The van der Waals surface area contributed by atoms with Crippen molar-refractivity contribution in [1.82, 2.24) is 10.2 Å². The minimum Gasteiger partial charge on any atom is -0.508 e. The van der Waals surface area contributed by atoms with E-state index in [-0.39, 0.29) is 17.6 Å². The summed E-state index contributed by atoms with van der Waals surface area (Å²) in [6, 6.07) is 4.68. The van der Waals surface area contributed by atoms with Gasteiger partial charge in [0.15, 0.2) is 0 Å². The van der Waals surface area contributed by atoms with Crippen molar-refractivity contribution in [2.75, 3.05) is 19.6 Å². The summed E-state index contributed by atoms with van der Waals surface area (Å²) < 4.78 is 0. The molecule has 1 aromatic carbocycles. The van der Waals surface area contributed by atoms with Crippen molar-refractivity contribution in [1.29, 1.82) is 0 Å². The summed E-state index contributed by atoms with van der Waals surface area (Å²) in [5.41, 5.74) is 1.31. The molecule has 2 rings (SSSR count). The van der Waals surface area contributed by atoms with E-state index in [1.54, 1.807) is 24.0 Å². The Balaban J connectivity index is 2.17. The van der Waals surface area contributed by atoms with E-state index in [1.165, 1.54) is 6.07 Å². The number of hydrogen-bond acceptors (Lipinski definition) is 3. The van der Waals surface area contributed by atoms with Gasteiger partial charge in [0.1, 0.15) is 5.75 Å². The molecular formula is C13H16N2O3. The Morgan fingerprint density at radius 3 is 2.89 bits per heavy atom. The lowest BCUT2D eigenvalue weighted by Gasteiger charge is -2.20. The molecule has 1 heterocycles. The molecule has 18 heavy (non-hydrogen) atoms. The third-order valence-electron chi connectivity index (χ3n) is 3.04. The molecule has 5 heteroatoms. The fourth-order valence-electron chi connectivity index (χ4n) is 2.03. The number of nitrogens with zero attached hydrogens (tertiary/aromatic N) is 1. The highest BCUT2D eigenvalue weighted by Crippen LogP contribution is 2.17. The third kappa shape index (κ3) is 2.61. The Hall–Kier alpha value is -2.04. The van der Waals surface area contributed by atoms with Gasteiger partial charge in [0.2, 0.25) is 5.91 Å². The first-order valence-electron chi connectivity index (χ1n) is 5.93. The molecule has 0 bridgehead atoms. The molecule has 0 saturated carbocycles. The lowest BCUT2D eigenvalue weighted by atomic mass is 10.1. The molecule has 1 fully saturated rings. The Morgan fingerprint density at radius 2 is 2.17 bits per heavy atom.